The monoisotopic (exact) mass is 214 g/mol. The van der Waals surface area contributed by atoms with Crippen LogP contribution in [0.1, 0.15) is 27.7 Å². The molecule has 15 heavy (non-hydrogen) atoms. The summed E-state index contributed by atoms with van der Waals surface area (Å²) < 4.78 is 0. The van der Waals surface area contributed by atoms with Crippen LogP contribution in [0.25, 0.3) is 0 Å². The maximum absolute atomic E-state index is 11.7. The van der Waals surface area contributed by atoms with Gasteiger partial charge in [0.1, 0.15) is 0 Å². The van der Waals surface area contributed by atoms with Crippen LogP contribution in [0.4, 0.5) is 0 Å². The molecule has 0 N–H and O–H groups in total. The molecule has 0 aromatic rings. The van der Waals surface area contributed by atoms with E-state index in [4.69, 9.17) is 0 Å². The van der Waals surface area contributed by atoms with Gasteiger partial charge in [-0.05, 0) is 13.8 Å². The van der Waals surface area contributed by atoms with E-state index in [9.17, 15) is 9.59 Å². The standard InChI is InChI=1S/C11H22N2O2/c1-6-13(7-2)10(14)8-12(5)11(15)9(3)4/h9H,6-8H2,1-5H3. The maximum atomic E-state index is 11.7. The fourth-order valence-electron chi connectivity index (χ4n) is 1.40. The Kier molecular flexibility index (Phi) is 5.97. The summed E-state index contributed by atoms with van der Waals surface area (Å²) in [7, 11) is 1.67. The highest BCUT2D eigenvalue weighted by atomic mass is 16.2. The molecule has 0 radical (unpaired) electrons. The van der Waals surface area contributed by atoms with Crippen LogP contribution < -0.4 is 0 Å². The lowest BCUT2D eigenvalue weighted by Crippen LogP contribution is -2.42. The van der Waals surface area contributed by atoms with Crippen molar-refractivity contribution >= 4 is 11.8 Å². The number of likely N-dealkylation sites (N-methyl/N-ethyl adjacent to an activating group) is 2. The number of amides is 2. The van der Waals surface area contributed by atoms with Crippen LogP contribution in [-0.4, -0.2) is 48.3 Å². The highest BCUT2D eigenvalue weighted by Gasteiger charge is 2.18. The molecule has 0 unspecified atom stereocenters. The first kappa shape index (κ1) is 13.9. The number of nitrogens with zero attached hydrogens (tertiary/aromatic N) is 2. The zero-order valence-corrected chi connectivity index (χ0v) is 10.4. The average Bonchev–Trinajstić information content (AvgIpc) is 2.18. The second-order valence-corrected chi connectivity index (χ2v) is 3.92. The minimum Gasteiger partial charge on any atom is -0.342 e. The molecule has 0 aliphatic rings. The highest BCUT2D eigenvalue weighted by molar-refractivity contribution is 5.85. The normalized spacial score (nSPS) is 10.3. The van der Waals surface area contributed by atoms with Crippen LogP contribution in [-0.2, 0) is 9.59 Å². The number of hydrogen-bond acceptors (Lipinski definition) is 2. The lowest BCUT2D eigenvalue weighted by Gasteiger charge is -2.24. The van der Waals surface area contributed by atoms with Gasteiger partial charge < -0.3 is 9.80 Å². The van der Waals surface area contributed by atoms with Crippen LogP contribution in [0.2, 0.25) is 0 Å². The Labute approximate surface area is 92.2 Å². The summed E-state index contributed by atoms with van der Waals surface area (Å²) >= 11 is 0. The van der Waals surface area contributed by atoms with E-state index in [2.05, 4.69) is 0 Å². The van der Waals surface area contributed by atoms with Crippen molar-refractivity contribution in [3.63, 3.8) is 0 Å². The van der Waals surface area contributed by atoms with E-state index in [-0.39, 0.29) is 24.3 Å². The van der Waals surface area contributed by atoms with E-state index in [0.29, 0.717) is 13.1 Å². The van der Waals surface area contributed by atoms with Crippen molar-refractivity contribution in [1.82, 2.24) is 9.80 Å². The molecule has 0 spiro atoms. The Morgan fingerprint density at radius 1 is 1.13 bits per heavy atom. The Morgan fingerprint density at radius 3 is 1.93 bits per heavy atom. The first-order valence-corrected chi connectivity index (χ1v) is 5.46. The molecule has 4 heteroatoms. The Bertz CT molecular complexity index is 223. The van der Waals surface area contributed by atoms with E-state index in [1.807, 2.05) is 27.7 Å². The Morgan fingerprint density at radius 2 is 1.60 bits per heavy atom. The molecular weight excluding hydrogens is 192 g/mol. The third-order valence-corrected chi connectivity index (χ3v) is 2.36. The van der Waals surface area contributed by atoms with Gasteiger partial charge in [0.05, 0.1) is 6.54 Å². The second kappa shape index (κ2) is 6.43. The van der Waals surface area contributed by atoms with E-state index in [0.717, 1.165) is 0 Å². The van der Waals surface area contributed by atoms with Crippen LogP contribution in [0, 0.1) is 5.92 Å². The number of carbonyl (C=O) groups is 2. The molecule has 0 saturated carbocycles. The summed E-state index contributed by atoms with van der Waals surface area (Å²) in [5.74, 6) is -0.0356. The van der Waals surface area contributed by atoms with Gasteiger partial charge in [-0.25, -0.2) is 0 Å². The van der Waals surface area contributed by atoms with E-state index >= 15 is 0 Å². The van der Waals surface area contributed by atoms with E-state index < -0.39 is 0 Å². The number of rotatable bonds is 5. The molecule has 0 aliphatic heterocycles. The summed E-state index contributed by atoms with van der Waals surface area (Å²) in [6.07, 6.45) is 0. The summed E-state index contributed by atoms with van der Waals surface area (Å²) in [4.78, 5) is 26.4. The zero-order chi connectivity index (χ0) is 12.0. The van der Waals surface area contributed by atoms with Crippen molar-refractivity contribution in [2.75, 3.05) is 26.7 Å². The largest absolute Gasteiger partial charge is 0.342 e. The van der Waals surface area contributed by atoms with Gasteiger partial charge in [0.25, 0.3) is 0 Å². The first-order valence-electron chi connectivity index (χ1n) is 5.46. The molecule has 4 nitrogen and oxygen atoms in total. The van der Waals surface area contributed by atoms with Gasteiger partial charge in [0.2, 0.25) is 11.8 Å². The van der Waals surface area contributed by atoms with Crippen molar-refractivity contribution in [2.45, 2.75) is 27.7 Å². The zero-order valence-electron chi connectivity index (χ0n) is 10.4. The topological polar surface area (TPSA) is 40.6 Å². The summed E-state index contributed by atoms with van der Waals surface area (Å²) in [6.45, 7) is 9.11. The number of hydrogen-bond donors (Lipinski definition) is 0. The van der Waals surface area contributed by atoms with Gasteiger partial charge in [0.15, 0.2) is 0 Å². The van der Waals surface area contributed by atoms with E-state index in [1.54, 1.807) is 11.9 Å². The summed E-state index contributed by atoms with van der Waals surface area (Å²) in [6, 6.07) is 0. The maximum Gasteiger partial charge on any atom is 0.242 e. The first-order chi connectivity index (χ1) is 6.93. The summed E-state index contributed by atoms with van der Waals surface area (Å²) in [5, 5.41) is 0. The molecule has 0 rings (SSSR count). The van der Waals surface area contributed by atoms with Crippen LogP contribution >= 0.6 is 0 Å². The quantitative estimate of drug-likeness (QED) is 0.684. The van der Waals surface area contributed by atoms with Crippen molar-refractivity contribution < 1.29 is 9.59 Å². The van der Waals surface area contributed by atoms with Gasteiger partial charge in [0, 0.05) is 26.1 Å². The average molecular weight is 214 g/mol. The molecule has 2 amide bonds. The van der Waals surface area contributed by atoms with Gasteiger partial charge >= 0.3 is 0 Å². The Hall–Kier alpha value is -1.06. The smallest absolute Gasteiger partial charge is 0.242 e. The molecule has 0 aromatic heterocycles. The van der Waals surface area contributed by atoms with Crippen molar-refractivity contribution in [3.8, 4) is 0 Å². The molecule has 0 bridgehead atoms. The summed E-state index contributed by atoms with van der Waals surface area (Å²) in [5.41, 5.74) is 0. The predicted octanol–water partition coefficient (Wildman–Crippen LogP) is 0.969. The van der Waals surface area contributed by atoms with Gasteiger partial charge in [-0.15, -0.1) is 0 Å². The molecule has 0 saturated heterocycles. The molecule has 0 atom stereocenters. The third kappa shape index (κ3) is 4.32. The number of carbonyl (C=O) groups excluding carboxylic acids is 2. The minimum absolute atomic E-state index is 0.00973. The minimum atomic E-state index is -0.0560. The molecule has 0 heterocycles. The fraction of sp³-hybridized carbons (Fsp3) is 0.818. The predicted molar refractivity (Wildman–Crippen MR) is 60.4 cm³/mol. The van der Waals surface area contributed by atoms with Crippen LogP contribution in [0.5, 0.6) is 0 Å². The SMILES string of the molecule is CCN(CC)C(=O)CN(C)C(=O)C(C)C. The van der Waals surface area contributed by atoms with Gasteiger partial charge in [-0.1, -0.05) is 13.8 Å². The van der Waals surface area contributed by atoms with E-state index in [1.165, 1.54) is 4.90 Å². The van der Waals surface area contributed by atoms with Crippen molar-refractivity contribution in [2.24, 2.45) is 5.92 Å². The third-order valence-electron chi connectivity index (χ3n) is 2.36. The van der Waals surface area contributed by atoms with Crippen molar-refractivity contribution in [3.05, 3.63) is 0 Å². The van der Waals surface area contributed by atoms with Crippen LogP contribution in [0.3, 0.4) is 0 Å². The van der Waals surface area contributed by atoms with Gasteiger partial charge in [-0.2, -0.15) is 0 Å². The second-order valence-electron chi connectivity index (χ2n) is 3.92. The lowest BCUT2D eigenvalue weighted by atomic mass is 10.2. The van der Waals surface area contributed by atoms with Gasteiger partial charge in [-0.3, -0.25) is 9.59 Å². The molecule has 88 valence electrons. The highest BCUT2D eigenvalue weighted by Crippen LogP contribution is 2.00. The fourth-order valence-corrected chi connectivity index (χ4v) is 1.40. The Balaban J connectivity index is 4.23. The molecule has 0 aromatic carbocycles. The molecular formula is C11H22N2O2. The lowest BCUT2D eigenvalue weighted by molar-refractivity contribution is -0.140. The van der Waals surface area contributed by atoms with Crippen LogP contribution in [0.15, 0.2) is 0 Å². The molecule has 0 aliphatic carbocycles. The van der Waals surface area contributed by atoms with Crippen molar-refractivity contribution in [1.29, 1.82) is 0 Å². The molecule has 0 fully saturated rings.